The number of hydrogen-bond donors (Lipinski definition) is 1. The number of hydrogen-bond acceptors (Lipinski definition) is 4. The lowest BCUT2D eigenvalue weighted by Crippen LogP contribution is -2.54. The van der Waals surface area contributed by atoms with Gasteiger partial charge in [-0.1, -0.05) is 85.8 Å². The summed E-state index contributed by atoms with van der Waals surface area (Å²) in [7, 11) is 0. The first-order valence-corrected chi connectivity index (χ1v) is 18.5. The van der Waals surface area contributed by atoms with Crippen molar-refractivity contribution in [1.29, 1.82) is 0 Å². The minimum atomic E-state index is -1.20. The molecule has 11 rings (SSSR count). The van der Waals surface area contributed by atoms with Crippen molar-refractivity contribution in [3.63, 3.8) is 0 Å². The molecule has 0 saturated heterocycles. The lowest BCUT2D eigenvalue weighted by molar-refractivity contribution is -0.0185. The van der Waals surface area contributed by atoms with Crippen molar-refractivity contribution in [3.05, 3.63) is 156 Å². The van der Waals surface area contributed by atoms with E-state index in [9.17, 15) is 19.5 Å². The van der Waals surface area contributed by atoms with Gasteiger partial charge in [-0.2, -0.15) is 0 Å². The van der Waals surface area contributed by atoms with Crippen LogP contribution in [0.5, 0.6) is 0 Å². The molecule has 4 atom stereocenters. The Kier molecular flexibility index (Phi) is 6.47. The molecule has 8 aromatic rings. The highest BCUT2D eigenvalue weighted by Gasteiger charge is 2.53. The van der Waals surface area contributed by atoms with Gasteiger partial charge in [0, 0.05) is 44.0 Å². The first kappa shape index (κ1) is 31.1. The van der Waals surface area contributed by atoms with Gasteiger partial charge in [-0.25, -0.2) is 0 Å². The molecule has 54 heavy (non-hydrogen) atoms. The predicted molar refractivity (Wildman–Crippen MR) is 209 cm³/mol. The predicted octanol–water partition coefficient (Wildman–Crippen LogP) is 8.79. The first-order chi connectivity index (χ1) is 26.4. The number of benzene rings is 6. The van der Waals surface area contributed by atoms with Gasteiger partial charge >= 0.3 is 0 Å². The molecule has 0 bridgehead atoms. The number of aliphatic hydroxyl groups is 1. The average Bonchev–Trinajstić information content (AvgIpc) is 3.96. The quantitative estimate of drug-likeness (QED) is 0.185. The number of amides is 3. The highest BCUT2D eigenvalue weighted by atomic mass is 16.3. The molecule has 3 aliphatic rings. The molecule has 8 heteroatoms. The lowest BCUT2D eigenvalue weighted by atomic mass is 10.0. The van der Waals surface area contributed by atoms with Gasteiger partial charge < -0.3 is 19.1 Å². The first-order valence-electron chi connectivity index (χ1n) is 18.5. The number of nitrogens with zero attached hydrogens (tertiary/aromatic N) is 4. The normalized spacial score (nSPS) is 21.0. The highest BCUT2D eigenvalue weighted by Crippen LogP contribution is 2.45. The minimum absolute atomic E-state index is 0.0779. The second-order valence-corrected chi connectivity index (χ2v) is 14.9. The van der Waals surface area contributed by atoms with E-state index in [0.29, 0.717) is 35.1 Å². The summed E-state index contributed by atoms with van der Waals surface area (Å²) < 4.78 is 4.29. The van der Waals surface area contributed by atoms with E-state index in [1.807, 2.05) is 85.8 Å². The highest BCUT2D eigenvalue weighted by molar-refractivity contribution is 6.22. The summed E-state index contributed by atoms with van der Waals surface area (Å²) in [5, 5.41) is 16.3. The molecule has 0 radical (unpaired) electrons. The number of rotatable bonds is 4. The Bertz CT molecular complexity index is 2830. The molecule has 8 nitrogen and oxygen atoms in total. The number of imide groups is 1. The Hall–Kier alpha value is -6.51. The number of carbonyl (C=O) groups excluding carboxylic acids is 3. The van der Waals surface area contributed by atoms with Crippen molar-refractivity contribution in [2.45, 2.75) is 38.1 Å². The zero-order valence-corrected chi connectivity index (χ0v) is 29.4. The largest absolute Gasteiger partial charge is 0.369 e. The molecule has 4 unspecified atom stereocenters. The van der Waals surface area contributed by atoms with E-state index in [0.717, 1.165) is 55.0 Å². The second-order valence-electron chi connectivity index (χ2n) is 14.9. The van der Waals surface area contributed by atoms with Gasteiger partial charge in [-0.15, -0.1) is 0 Å². The van der Waals surface area contributed by atoms with Crippen LogP contribution < -0.4 is 0 Å². The van der Waals surface area contributed by atoms with Crippen molar-refractivity contribution in [1.82, 2.24) is 18.9 Å². The van der Waals surface area contributed by atoms with Crippen LogP contribution in [0.2, 0.25) is 0 Å². The van der Waals surface area contributed by atoms with Gasteiger partial charge in [0.25, 0.3) is 17.7 Å². The number of carbonyl (C=O) groups is 3. The molecule has 1 aliphatic carbocycles. The van der Waals surface area contributed by atoms with Crippen LogP contribution in [0.15, 0.2) is 133 Å². The number of fused-ring (bicyclic) bond motifs is 8. The Morgan fingerprint density at radius 1 is 0.519 bits per heavy atom. The fourth-order valence-electron chi connectivity index (χ4n) is 9.77. The Morgan fingerprint density at radius 3 is 1.52 bits per heavy atom. The Balaban J connectivity index is 0.952. The maximum absolute atomic E-state index is 14.4. The van der Waals surface area contributed by atoms with Crippen LogP contribution in [0, 0.1) is 5.92 Å². The zero-order valence-electron chi connectivity index (χ0n) is 29.4. The Morgan fingerprint density at radius 2 is 0.981 bits per heavy atom. The van der Waals surface area contributed by atoms with E-state index in [2.05, 4.69) is 57.7 Å². The molecule has 1 saturated carbocycles. The Labute approximate surface area is 310 Å². The van der Waals surface area contributed by atoms with Crippen LogP contribution in [-0.4, -0.2) is 53.8 Å². The average molecular weight is 707 g/mol. The summed E-state index contributed by atoms with van der Waals surface area (Å²) in [6.07, 6.45) is 0.0616. The monoisotopic (exact) mass is 706 g/mol. The van der Waals surface area contributed by atoms with E-state index in [1.165, 1.54) is 9.80 Å². The van der Waals surface area contributed by atoms with Gasteiger partial charge in [-0.05, 0) is 73.4 Å². The van der Waals surface area contributed by atoms with Crippen LogP contribution in [0.1, 0.15) is 62.6 Å². The number of aliphatic hydroxyl groups excluding tert-OH is 1. The van der Waals surface area contributed by atoms with E-state index < -0.39 is 18.3 Å². The summed E-state index contributed by atoms with van der Waals surface area (Å²) in [5.74, 6) is -1.10. The summed E-state index contributed by atoms with van der Waals surface area (Å²) in [6.45, 7) is 2.03. The molecular weight excluding hydrogens is 673 g/mol. The molecule has 1 fully saturated rings. The smallest absolute Gasteiger partial charge is 0.261 e. The zero-order chi connectivity index (χ0) is 36.4. The molecule has 2 aliphatic heterocycles. The van der Waals surface area contributed by atoms with Crippen molar-refractivity contribution in [3.8, 4) is 11.4 Å². The van der Waals surface area contributed by atoms with Gasteiger partial charge in [-0.3, -0.25) is 19.3 Å². The third kappa shape index (κ3) is 4.08. The van der Waals surface area contributed by atoms with E-state index >= 15 is 0 Å². The third-order valence-corrected chi connectivity index (χ3v) is 12.2. The SMILES string of the molecule is CC1CCC(N2C(=O)c3cc(-n4c5ccccc5c5ccccc54)ccc3C2O)C1N1C(=O)c2ccc(-n3c4ccccc4c4ccccc43)cc2C1=O. The fraction of sp³-hybridized carbons (Fsp3) is 0.152. The molecule has 4 heterocycles. The van der Waals surface area contributed by atoms with Crippen LogP contribution in [0.4, 0.5) is 0 Å². The maximum Gasteiger partial charge on any atom is 0.261 e. The number of para-hydroxylation sites is 4. The van der Waals surface area contributed by atoms with E-state index in [4.69, 9.17) is 0 Å². The molecular formula is C46H34N4O4. The summed E-state index contributed by atoms with van der Waals surface area (Å²) >= 11 is 0. The van der Waals surface area contributed by atoms with Crippen molar-refractivity contribution < 1.29 is 19.5 Å². The fourth-order valence-corrected chi connectivity index (χ4v) is 9.77. The standard InChI is InChI=1S/C46H34N4O4/c1-26-18-23-41(49-43(51)33-21-19-27(24-35(33)45(49)53)47-37-14-6-2-10-29(37)30-11-3-7-15-38(30)47)42(26)50-44(52)34-22-20-28(25-36(34)46(50)54)48-39-16-8-4-12-31(39)32-13-5-9-17-40(32)48/h2-17,19-22,24-26,41-43,51H,18,23H2,1H3. The molecule has 1 N–H and O–H groups in total. The molecule has 0 spiro atoms. The molecule has 6 aromatic carbocycles. The van der Waals surface area contributed by atoms with E-state index in [-0.39, 0.29) is 23.6 Å². The van der Waals surface area contributed by atoms with Gasteiger partial charge in [0.2, 0.25) is 0 Å². The molecule has 2 aromatic heterocycles. The second kappa shape index (κ2) is 11.2. The van der Waals surface area contributed by atoms with E-state index in [1.54, 1.807) is 6.07 Å². The van der Waals surface area contributed by atoms with Crippen LogP contribution in [0.25, 0.3) is 55.0 Å². The lowest BCUT2D eigenvalue weighted by Gasteiger charge is -2.37. The van der Waals surface area contributed by atoms with Crippen LogP contribution in [-0.2, 0) is 0 Å². The van der Waals surface area contributed by atoms with Crippen molar-refractivity contribution in [2.24, 2.45) is 5.92 Å². The minimum Gasteiger partial charge on any atom is -0.369 e. The third-order valence-electron chi connectivity index (χ3n) is 12.2. The van der Waals surface area contributed by atoms with Crippen LogP contribution in [0.3, 0.4) is 0 Å². The molecule has 262 valence electrons. The molecule has 3 amide bonds. The van der Waals surface area contributed by atoms with Gasteiger partial charge in [0.15, 0.2) is 6.23 Å². The van der Waals surface area contributed by atoms with Gasteiger partial charge in [0.1, 0.15) is 0 Å². The summed E-state index contributed by atoms with van der Waals surface area (Å²) in [4.78, 5) is 46.0. The van der Waals surface area contributed by atoms with Gasteiger partial charge in [0.05, 0.1) is 45.3 Å². The number of aromatic nitrogens is 2. The summed E-state index contributed by atoms with van der Waals surface area (Å²) in [6, 6.07) is 42.8. The topological polar surface area (TPSA) is 87.8 Å². The van der Waals surface area contributed by atoms with Crippen molar-refractivity contribution in [2.75, 3.05) is 0 Å². The summed E-state index contributed by atoms with van der Waals surface area (Å²) in [5.41, 5.74) is 7.36. The van der Waals surface area contributed by atoms with Crippen LogP contribution >= 0.6 is 0 Å². The van der Waals surface area contributed by atoms with Crippen molar-refractivity contribution >= 4 is 61.3 Å². The maximum atomic E-state index is 14.4.